The van der Waals surface area contributed by atoms with Crippen molar-refractivity contribution < 1.29 is 14.6 Å². The fourth-order valence-electron chi connectivity index (χ4n) is 2.65. The second-order valence-corrected chi connectivity index (χ2v) is 8.96. The number of rotatable bonds is 8. The second kappa shape index (κ2) is 8.80. The van der Waals surface area contributed by atoms with Gasteiger partial charge in [-0.1, -0.05) is 54.1 Å². The fraction of sp³-hybridized carbons (Fsp3) is 0.333. The van der Waals surface area contributed by atoms with Gasteiger partial charge in [0.05, 0.1) is 12.3 Å². The Kier molecular flexibility index (Phi) is 7.02. The average Bonchev–Trinajstić information content (AvgIpc) is 2.49. The fourth-order valence-corrected chi connectivity index (χ4v) is 4.46. The van der Waals surface area contributed by atoms with Gasteiger partial charge in [0.25, 0.3) is 0 Å². The van der Waals surface area contributed by atoms with E-state index in [1.54, 1.807) is 0 Å². The van der Waals surface area contributed by atoms with Crippen LogP contribution in [0.1, 0.15) is 11.1 Å². The van der Waals surface area contributed by atoms with Crippen molar-refractivity contribution in [3.63, 3.8) is 0 Å². The number of benzene rings is 2. The summed E-state index contributed by atoms with van der Waals surface area (Å²) in [6, 6.07) is 16.7. The maximum atomic E-state index is 12.3. The van der Waals surface area contributed by atoms with Crippen molar-refractivity contribution in [2.75, 3.05) is 19.8 Å². The van der Waals surface area contributed by atoms with Gasteiger partial charge in [0.2, 0.25) is 7.37 Å². The first kappa shape index (κ1) is 19.2. The van der Waals surface area contributed by atoms with Crippen LogP contribution < -0.4 is 0 Å². The maximum absolute atomic E-state index is 12.3. The molecule has 0 bridgehead atoms. The minimum absolute atomic E-state index is 0.0891. The van der Waals surface area contributed by atoms with Crippen LogP contribution in [0.3, 0.4) is 0 Å². The molecule has 0 aliphatic heterocycles. The van der Waals surface area contributed by atoms with E-state index < -0.39 is 13.5 Å². The van der Waals surface area contributed by atoms with Crippen LogP contribution in [0.2, 0.25) is 5.02 Å². The first-order valence-corrected chi connectivity index (χ1v) is 10.2. The van der Waals surface area contributed by atoms with Crippen LogP contribution >= 0.6 is 19.0 Å². The van der Waals surface area contributed by atoms with E-state index in [-0.39, 0.29) is 12.3 Å². The molecule has 0 saturated heterocycles. The summed E-state index contributed by atoms with van der Waals surface area (Å²) in [4.78, 5) is 12.1. The van der Waals surface area contributed by atoms with Gasteiger partial charge >= 0.3 is 0 Å². The van der Waals surface area contributed by atoms with Gasteiger partial charge in [-0.25, -0.2) is 0 Å². The third-order valence-corrected chi connectivity index (χ3v) is 5.76. The highest BCUT2D eigenvalue weighted by molar-refractivity contribution is 7.57. The van der Waals surface area contributed by atoms with E-state index in [0.717, 1.165) is 11.1 Å². The van der Waals surface area contributed by atoms with Crippen LogP contribution in [0, 0.1) is 0 Å². The Morgan fingerprint density at radius 1 is 1.08 bits per heavy atom. The molecule has 0 aliphatic rings. The van der Waals surface area contributed by atoms with Gasteiger partial charge < -0.3 is 10.00 Å². The van der Waals surface area contributed by atoms with Crippen molar-refractivity contribution in [3.8, 4) is 0 Å². The summed E-state index contributed by atoms with van der Waals surface area (Å²) in [5.41, 5.74) is 1.88. The van der Waals surface area contributed by atoms with Crippen LogP contribution in [0.15, 0.2) is 54.6 Å². The van der Waals surface area contributed by atoms with E-state index in [2.05, 4.69) is 0 Å². The van der Waals surface area contributed by atoms with Crippen molar-refractivity contribution in [3.05, 3.63) is 70.7 Å². The molecule has 1 unspecified atom stereocenters. The Morgan fingerprint density at radius 3 is 2.33 bits per heavy atom. The lowest BCUT2D eigenvalue weighted by atomic mass is 10.2. The van der Waals surface area contributed by atoms with Crippen molar-refractivity contribution in [1.82, 2.24) is 4.90 Å². The first-order chi connectivity index (χ1) is 11.3. The number of hydrogen-bond acceptors (Lipinski definition) is 3. The molecule has 0 fully saturated rings. The lowest BCUT2D eigenvalue weighted by Gasteiger charge is -2.22. The smallest absolute Gasteiger partial charge is 0.207 e. The molecule has 2 rings (SSSR count). The summed E-state index contributed by atoms with van der Waals surface area (Å²) < 4.78 is 12.3. The molecule has 2 aromatic carbocycles. The zero-order valence-corrected chi connectivity index (χ0v) is 15.3. The summed E-state index contributed by atoms with van der Waals surface area (Å²) in [7, 11) is -1.54. The Morgan fingerprint density at radius 2 is 1.71 bits per heavy atom. The molecule has 24 heavy (non-hydrogen) atoms. The molecule has 0 aliphatic carbocycles. The molecule has 0 aromatic heterocycles. The molecular weight excluding hydrogens is 345 g/mol. The van der Waals surface area contributed by atoms with E-state index in [4.69, 9.17) is 11.6 Å². The topological polar surface area (TPSA) is 60.8 Å². The van der Waals surface area contributed by atoms with Crippen molar-refractivity contribution in [2.45, 2.75) is 18.8 Å². The summed E-state index contributed by atoms with van der Waals surface area (Å²) >= 11 is 5.86. The summed E-state index contributed by atoms with van der Waals surface area (Å²) in [6.45, 7) is 0.977. The van der Waals surface area contributed by atoms with Gasteiger partial charge in [-0.3, -0.25) is 9.46 Å². The molecule has 2 N–H and O–H groups in total. The Hall–Kier alpha value is -1.16. The number of nitrogens with zero attached hydrogens (tertiary/aromatic N) is 1. The zero-order valence-electron chi connectivity index (χ0n) is 13.7. The van der Waals surface area contributed by atoms with Gasteiger partial charge in [-0.2, -0.15) is 0 Å². The predicted octanol–water partition coefficient (Wildman–Crippen LogP) is 3.60. The highest BCUT2D eigenvalue weighted by atomic mass is 35.5. The van der Waals surface area contributed by atoms with Crippen molar-refractivity contribution in [2.24, 2.45) is 0 Å². The number of hydrogen-bond donors (Lipinski definition) is 2. The third kappa shape index (κ3) is 6.76. The first-order valence-electron chi connectivity index (χ1n) is 7.80. The molecule has 4 nitrogen and oxygen atoms in total. The maximum Gasteiger partial charge on any atom is 0.207 e. The van der Waals surface area contributed by atoms with Crippen molar-refractivity contribution in [1.29, 1.82) is 0 Å². The molecule has 6 heteroatoms. The molecule has 2 aromatic rings. The SMILES string of the molecule is CN(Cc1ccc(Cl)cc1)C[C@@H](O)CP(=O)(O)Cc1ccccc1. The van der Waals surface area contributed by atoms with Crippen LogP contribution in [0.4, 0.5) is 0 Å². The van der Waals surface area contributed by atoms with E-state index in [9.17, 15) is 14.6 Å². The Labute approximate surface area is 148 Å². The molecule has 0 heterocycles. The van der Waals surface area contributed by atoms with E-state index >= 15 is 0 Å². The standard InChI is InChI=1S/C18H23ClNO3P/c1-20(11-15-7-9-17(19)10-8-15)12-18(21)14-24(22,23)13-16-5-3-2-4-6-16/h2-10,18,21H,11-14H2,1H3,(H,22,23)/t18-/m1/s1. The molecule has 130 valence electrons. The van der Waals surface area contributed by atoms with Gasteiger partial charge in [-0.15, -0.1) is 0 Å². The Balaban J connectivity index is 1.83. The minimum atomic E-state index is -3.41. The minimum Gasteiger partial charge on any atom is -0.391 e. The molecule has 0 spiro atoms. The number of halogens is 1. The second-order valence-electron chi connectivity index (χ2n) is 6.15. The summed E-state index contributed by atoms with van der Waals surface area (Å²) in [5, 5.41) is 10.8. The van der Waals surface area contributed by atoms with Crippen LogP contribution in [0.5, 0.6) is 0 Å². The molecule has 2 atom stereocenters. The van der Waals surface area contributed by atoms with E-state index in [1.165, 1.54) is 0 Å². The van der Waals surface area contributed by atoms with Crippen LogP contribution in [-0.2, 0) is 17.3 Å². The molecular formula is C18H23ClNO3P. The molecule has 0 saturated carbocycles. The predicted molar refractivity (Wildman–Crippen MR) is 98.6 cm³/mol. The number of aliphatic hydroxyl groups excluding tert-OH is 1. The van der Waals surface area contributed by atoms with E-state index in [0.29, 0.717) is 18.1 Å². The summed E-state index contributed by atoms with van der Waals surface area (Å²) in [5.74, 6) is 0. The van der Waals surface area contributed by atoms with Gasteiger partial charge in [0.1, 0.15) is 0 Å². The highest BCUT2D eigenvalue weighted by Crippen LogP contribution is 2.44. The molecule has 0 radical (unpaired) electrons. The quantitative estimate of drug-likeness (QED) is 0.700. The third-order valence-electron chi connectivity index (χ3n) is 3.66. The van der Waals surface area contributed by atoms with Gasteiger partial charge in [0, 0.05) is 24.3 Å². The summed E-state index contributed by atoms with van der Waals surface area (Å²) in [6.07, 6.45) is -0.861. The highest BCUT2D eigenvalue weighted by Gasteiger charge is 2.24. The van der Waals surface area contributed by atoms with Crippen LogP contribution in [-0.4, -0.2) is 40.8 Å². The lowest BCUT2D eigenvalue weighted by molar-refractivity contribution is 0.138. The Bertz CT molecular complexity index is 678. The number of likely N-dealkylation sites (N-methyl/N-ethyl adjacent to an activating group) is 1. The van der Waals surface area contributed by atoms with Crippen molar-refractivity contribution >= 4 is 19.0 Å². The van der Waals surface area contributed by atoms with Crippen LogP contribution in [0.25, 0.3) is 0 Å². The zero-order chi connectivity index (χ0) is 17.6. The van der Waals surface area contributed by atoms with Gasteiger partial charge in [-0.05, 0) is 30.3 Å². The molecule has 0 amide bonds. The average molecular weight is 368 g/mol. The van der Waals surface area contributed by atoms with Gasteiger partial charge in [0.15, 0.2) is 0 Å². The lowest BCUT2D eigenvalue weighted by Crippen LogP contribution is -2.31. The van der Waals surface area contributed by atoms with E-state index in [1.807, 2.05) is 66.5 Å². The normalized spacial score (nSPS) is 15.2. The monoisotopic (exact) mass is 367 g/mol. The largest absolute Gasteiger partial charge is 0.391 e. The number of aliphatic hydroxyl groups is 1.